The molecule has 4 aromatic carbocycles. The third-order valence-electron chi connectivity index (χ3n) is 6.30. The number of para-hydroxylation sites is 2. The summed E-state index contributed by atoms with van der Waals surface area (Å²) in [5, 5.41) is 8.74. The molecule has 216 valence electrons. The molecule has 0 saturated heterocycles. The van der Waals surface area contributed by atoms with E-state index in [9.17, 15) is 22.8 Å². The molecule has 0 unspecified atom stereocenters. The number of carbonyl (C=O) groups is 3. The lowest BCUT2D eigenvalue weighted by molar-refractivity contribution is -0.119. The zero-order valence-electron chi connectivity index (χ0n) is 23.1. The normalized spacial score (nSPS) is 10.9. The summed E-state index contributed by atoms with van der Waals surface area (Å²) in [5.41, 5.74) is 2.30. The van der Waals surface area contributed by atoms with Crippen LogP contribution < -0.4 is 20.7 Å². The quantitative estimate of drug-likeness (QED) is 0.144. The highest BCUT2D eigenvalue weighted by Crippen LogP contribution is 2.29. The molecule has 3 amide bonds. The lowest BCUT2D eigenvalue weighted by atomic mass is 10.1. The van der Waals surface area contributed by atoms with Crippen LogP contribution in [-0.2, 0) is 14.8 Å². The third-order valence-corrected chi connectivity index (χ3v) is 7.73. The molecule has 4 rings (SSSR count). The van der Waals surface area contributed by atoms with E-state index in [0.717, 1.165) is 18.5 Å². The van der Waals surface area contributed by atoms with Crippen LogP contribution in [0.2, 0.25) is 0 Å². The van der Waals surface area contributed by atoms with Gasteiger partial charge in [0.15, 0.2) is 0 Å². The van der Waals surface area contributed by atoms with E-state index >= 15 is 0 Å². The molecule has 0 bridgehead atoms. The second-order valence-corrected chi connectivity index (χ2v) is 11.2. The molecule has 42 heavy (non-hydrogen) atoms. The van der Waals surface area contributed by atoms with Gasteiger partial charge in [-0.05, 0) is 61.0 Å². The van der Waals surface area contributed by atoms with Crippen molar-refractivity contribution in [3.8, 4) is 0 Å². The number of nitrogens with one attached hydrogen (secondary N) is 4. The summed E-state index contributed by atoms with van der Waals surface area (Å²) in [4.78, 5) is 38.3. The predicted molar refractivity (Wildman–Crippen MR) is 164 cm³/mol. The highest BCUT2D eigenvalue weighted by Gasteiger charge is 2.22. The van der Waals surface area contributed by atoms with Gasteiger partial charge < -0.3 is 16.0 Å². The average Bonchev–Trinajstić information content (AvgIpc) is 2.99. The molecule has 9 nitrogen and oxygen atoms in total. The Morgan fingerprint density at radius 1 is 0.643 bits per heavy atom. The van der Waals surface area contributed by atoms with E-state index in [4.69, 9.17) is 0 Å². The van der Waals surface area contributed by atoms with Crippen molar-refractivity contribution in [3.05, 3.63) is 114 Å². The molecule has 0 aromatic heterocycles. The molecule has 4 N–H and O–H groups in total. The fourth-order valence-electron chi connectivity index (χ4n) is 4.15. The number of unbranched alkanes of at least 4 members (excludes halogenated alkanes) is 2. The van der Waals surface area contributed by atoms with E-state index in [0.29, 0.717) is 23.4 Å². The van der Waals surface area contributed by atoms with Gasteiger partial charge in [-0.3, -0.25) is 14.4 Å². The molecule has 0 spiro atoms. The van der Waals surface area contributed by atoms with Crippen LogP contribution in [0.25, 0.3) is 0 Å². The number of hydrogen-bond acceptors (Lipinski definition) is 6. The van der Waals surface area contributed by atoms with Gasteiger partial charge in [-0.2, -0.15) is 0 Å². The first-order valence-corrected chi connectivity index (χ1v) is 15.0. The number of benzene rings is 4. The van der Waals surface area contributed by atoms with Gasteiger partial charge in [0.05, 0.1) is 17.1 Å². The summed E-state index contributed by atoms with van der Waals surface area (Å²) in [5.74, 6) is -1.58. The van der Waals surface area contributed by atoms with Gasteiger partial charge in [-0.1, -0.05) is 68.3 Å². The van der Waals surface area contributed by atoms with Crippen molar-refractivity contribution in [2.75, 3.05) is 16.0 Å². The Labute approximate surface area is 245 Å². The second-order valence-electron chi connectivity index (χ2n) is 9.51. The van der Waals surface area contributed by atoms with E-state index in [2.05, 4.69) is 20.7 Å². The molecule has 0 aliphatic carbocycles. The second kappa shape index (κ2) is 14.1. The van der Waals surface area contributed by atoms with Crippen molar-refractivity contribution in [3.63, 3.8) is 0 Å². The first-order valence-electron chi connectivity index (χ1n) is 13.6. The summed E-state index contributed by atoms with van der Waals surface area (Å²) >= 11 is 0. The van der Waals surface area contributed by atoms with E-state index in [1.165, 1.54) is 24.3 Å². The van der Waals surface area contributed by atoms with Gasteiger partial charge in [0.1, 0.15) is 4.90 Å². The summed E-state index contributed by atoms with van der Waals surface area (Å²) in [6.07, 6.45) is 2.38. The number of amides is 3. The van der Waals surface area contributed by atoms with E-state index in [-0.39, 0.29) is 28.5 Å². The van der Waals surface area contributed by atoms with Gasteiger partial charge in [-0.25, -0.2) is 13.1 Å². The highest BCUT2D eigenvalue weighted by atomic mass is 32.2. The van der Waals surface area contributed by atoms with E-state index < -0.39 is 21.8 Å². The summed E-state index contributed by atoms with van der Waals surface area (Å²) < 4.78 is 28.1. The largest absolute Gasteiger partial charge is 0.354 e. The zero-order valence-corrected chi connectivity index (χ0v) is 23.9. The summed E-state index contributed by atoms with van der Waals surface area (Å²) in [6, 6.07) is 28.6. The lowest BCUT2D eigenvalue weighted by Crippen LogP contribution is -2.31. The number of anilines is 4. The molecule has 0 fully saturated rings. The lowest BCUT2D eigenvalue weighted by Gasteiger charge is -2.16. The van der Waals surface area contributed by atoms with Crippen molar-refractivity contribution in [2.45, 2.75) is 37.5 Å². The topological polar surface area (TPSA) is 133 Å². The van der Waals surface area contributed by atoms with E-state index in [1.807, 2.05) is 37.3 Å². The van der Waals surface area contributed by atoms with Gasteiger partial charge in [0.25, 0.3) is 21.8 Å². The van der Waals surface area contributed by atoms with Crippen LogP contribution in [0.15, 0.2) is 108 Å². The van der Waals surface area contributed by atoms with Gasteiger partial charge in [-0.15, -0.1) is 0 Å². The number of rotatable bonds is 12. The number of hydrogen-bond donors (Lipinski definition) is 4. The molecular formula is C32H32N4O5S. The number of carbonyl (C=O) groups excluding carboxylic acids is 3. The molecule has 0 aliphatic rings. The Morgan fingerprint density at radius 2 is 1.26 bits per heavy atom. The van der Waals surface area contributed by atoms with E-state index in [1.54, 1.807) is 48.5 Å². The first kappa shape index (κ1) is 30.0. The van der Waals surface area contributed by atoms with Crippen molar-refractivity contribution in [1.29, 1.82) is 0 Å². The molecule has 0 heterocycles. The highest BCUT2D eigenvalue weighted by molar-refractivity contribution is 7.90. The molecule has 0 aliphatic heterocycles. The summed E-state index contributed by atoms with van der Waals surface area (Å²) in [6.45, 7) is 1.99. The minimum atomic E-state index is -4.23. The summed E-state index contributed by atoms with van der Waals surface area (Å²) in [7, 11) is -4.23. The van der Waals surface area contributed by atoms with Gasteiger partial charge in [0, 0.05) is 23.2 Å². The first-order chi connectivity index (χ1) is 20.3. The minimum Gasteiger partial charge on any atom is -0.354 e. The average molecular weight is 585 g/mol. The fourth-order valence-corrected chi connectivity index (χ4v) is 5.33. The van der Waals surface area contributed by atoms with Crippen LogP contribution in [0.1, 0.15) is 53.3 Å². The van der Waals surface area contributed by atoms with Crippen molar-refractivity contribution >= 4 is 50.5 Å². The van der Waals surface area contributed by atoms with Crippen LogP contribution >= 0.6 is 0 Å². The third kappa shape index (κ3) is 8.05. The standard InChI is InChI=1S/C32H32N4O5S/c1-2-3-6-19-30(37)36-42(40,41)29-18-12-11-17-27(29)34-32(39)24-20-21-26(33-25-15-9-5-10-16-25)28(22-24)35-31(38)23-13-7-4-8-14-23/h4-5,7-18,20-22,33H,2-3,6,19H2,1H3,(H,34,39)(H,35,38)(H,36,37). The maximum Gasteiger partial charge on any atom is 0.266 e. The van der Waals surface area contributed by atoms with Crippen LogP contribution in [-0.4, -0.2) is 26.1 Å². The Hall–Kier alpha value is -4.96. The minimum absolute atomic E-state index is 0.0118. The number of sulfonamides is 1. The fraction of sp³-hybridized carbons (Fsp3) is 0.156. The molecule has 0 radical (unpaired) electrons. The SMILES string of the molecule is CCCCCC(=O)NS(=O)(=O)c1ccccc1NC(=O)c1ccc(Nc2ccccc2)c(NC(=O)c2ccccc2)c1. The van der Waals surface area contributed by atoms with Crippen molar-refractivity contribution < 1.29 is 22.8 Å². The molecule has 4 aromatic rings. The maximum absolute atomic E-state index is 13.3. The van der Waals surface area contributed by atoms with Gasteiger partial charge >= 0.3 is 0 Å². The van der Waals surface area contributed by atoms with Crippen LogP contribution in [0.5, 0.6) is 0 Å². The van der Waals surface area contributed by atoms with Crippen molar-refractivity contribution in [1.82, 2.24) is 4.72 Å². The van der Waals surface area contributed by atoms with Gasteiger partial charge in [0.2, 0.25) is 5.91 Å². The monoisotopic (exact) mass is 584 g/mol. The van der Waals surface area contributed by atoms with Crippen molar-refractivity contribution in [2.24, 2.45) is 0 Å². The van der Waals surface area contributed by atoms with Crippen LogP contribution in [0, 0.1) is 0 Å². The Balaban J connectivity index is 1.59. The molecular weight excluding hydrogens is 552 g/mol. The molecule has 10 heteroatoms. The smallest absolute Gasteiger partial charge is 0.266 e. The van der Waals surface area contributed by atoms with Crippen LogP contribution in [0.3, 0.4) is 0 Å². The zero-order chi connectivity index (χ0) is 30.0. The predicted octanol–water partition coefficient (Wildman–Crippen LogP) is 6.32. The van der Waals surface area contributed by atoms with Crippen LogP contribution in [0.4, 0.5) is 22.7 Å². The molecule has 0 saturated carbocycles. The molecule has 0 atom stereocenters. The maximum atomic E-state index is 13.3. The Morgan fingerprint density at radius 3 is 1.98 bits per heavy atom. The Bertz CT molecular complexity index is 1660. The Kier molecular flexibility index (Phi) is 10.1.